The maximum Gasteiger partial charge on any atom is 0.306 e. The molecule has 4 nitrogen and oxygen atoms in total. The highest BCUT2D eigenvalue weighted by atomic mass is 79.9. The molecule has 1 aliphatic carbocycles. The first-order chi connectivity index (χ1) is 8.56. The third kappa shape index (κ3) is 3.22. The lowest BCUT2D eigenvalue weighted by molar-refractivity contribution is -0.142. The molecule has 0 amide bonds. The molecule has 0 atom stereocenters. The summed E-state index contributed by atoms with van der Waals surface area (Å²) in [6.07, 6.45) is 5.09. The van der Waals surface area contributed by atoms with Crippen molar-refractivity contribution in [3.8, 4) is 0 Å². The van der Waals surface area contributed by atoms with Crippen LogP contribution in [0.2, 0.25) is 0 Å². The van der Waals surface area contributed by atoms with Gasteiger partial charge in [-0.3, -0.25) is 4.79 Å². The number of aromatic nitrogens is 1. The molecule has 18 heavy (non-hydrogen) atoms. The summed E-state index contributed by atoms with van der Waals surface area (Å²) in [5.74, 6) is 0.0446. The molecular weight excluding hydrogens is 296 g/mol. The third-order valence-electron chi connectivity index (χ3n) is 3.48. The predicted octanol–water partition coefficient (Wildman–Crippen LogP) is 3.21. The van der Waals surface area contributed by atoms with E-state index in [0.717, 1.165) is 41.5 Å². The molecule has 2 rings (SSSR count). The second-order valence-electron chi connectivity index (χ2n) is 4.85. The van der Waals surface area contributed by atoms with Crippen LogP contribution in [-0.4, -0.2) is 22.1 Å². The van der Waals surface area contributed by atoms with Crippen molar-refractivity contribution >= 4 is 27.7 Å². The number of halogens is 1. The first kappa shape index (κ1) is 13.3. The molecule has 1 aromatic rings. The molecule has 1 aromatic heterocycles. The van der Waals surface area contributed by atoms with Gasteiger partial charge in [-0.05, 0) is 60.2 Å². The number of hydrogen-bond donors (Lipinski definition) is 2. The van der Waals surface area contributed by atoms with Crippen molar-refractivity contribution in [1.29, 1.82) is 0 Å². The van der Waals surface area contributed by atoms with Crippen LogP contribution in [0.25, 0.3) is 0 Å². The summed E-state index contributed by atoms with van der Waals surface area (Å²) in [5.41, 5.74) is 1.15. The van der Waals surface area contributed by atoms with E-state index in [0.29, 0.717) is 6.04 Å². The minimum Gasteiger partial charge on any atom is -0.481 e. The fraction of sp³-hybridized carbons (Fsp3) is 0.538. The Bertz CT molecular complexity index is 443. The standard InChI is InChI=1S/C13H17BrN2O2/c1-8-6-12(15-7-11(8)14)16-10-4-2-9(3-5-10)13(17)18/h6-7,9-10H,2-5H2,1H3,(H,15,16)(H,17,18). The molecule has 0 radical (unpaired) electrons. The van der Waals surface area contributed by atoms with Crippen molar-refractivity contribution in [3.05, 3.63) is 22.3 Å². The molecule has 2 N–H and O–H groups in total. The van der Waals surface area contributed by atoms with Crippen molar-refractivity contribution in [2.45, 2.75) is 38.6 Å². The van der Waals surface area contributed by atoms with Gasteiger partial charge in [-0.1, -0.05) is 0 Å². The van der Waals surface area contributed by atoms with E-state index in [1.807, 2.05) is 13.0 Å². The summed E-state index contributed by atoms with van der Waals surface area (Å²) in [4.78, 5) is 15.2. The van der Waals surface area contributed by atoms with Gasteiger partial charge in [0.25, 0.3) is 0 Å². The van der Waals surface area contributed by atoms with Gasteiger partial charge in [0.2, 0.25) is 0 Å². The van der Waals surface area contributed by atoms with E-state index >= 15 is 0 Å². The van der Waals surface area contributed by atoms with Crippen LogP contribution in [0.15, 0.2) is 16.7 Å². The first-order valence-electron chi connectivity index (χ1n) is 6.17. The zero-order chi connectivity index (χ0) is 13.1. The molecule has 0 spiro atoms. The van der Waals surface area contributed by atoms with Crippen molar-refractivity contribution in [1.82, 2.24) is 4.98 Å². The van der Waals surface area contributed by atoms with Crippen molar-refractivity contribution in [3.63, 3.8) is 0 Å². The number of aryl methyl sites for hydroxylation is 1. The number of rotatable bonds is 3. The number of nitrogens with one attached hydrogen (secondary N) is 1. The topological polar surface area (TPSA) is 62.2 Å². The average molecular weight is 313 g/mol. The minimum atomic E-state index is -0.661. The SMILES string of the molecule is Cc1cc(NC2CCC(C(=O)O)CC2)ncc1Br. The van der Waals surface area contributed by atoms with E-state index in [-0.39, 0.29) is 5.92 Å². The Morgan fingerprint density at radius 2 is 2.11 bits per heavy atom. The average Bonchev–Trinajstić information content (AvgIpc) is 2.34. The second kappa shape index (κ2) is 5.69. The fourth-order valence-electron chi connectivity index (χ4n) is 2.31. The number of pyridine rings is 1. The normalized spacial score (nSPS) is 23.7. The number of anilines is 1. The van der Waals surface area contributed by atoms with Gasteiger partial charge in [0.05, 0.1) is 5.92 Å². The maximum absolute atomic E-state index is 10.9. The van der Waals surface area contributed by atoms with Crippen LogP contribution >= 0.6 is 15.9 Å². The van der Waals surface area contributed by atoms with Crippen molar-refractivity contribution in [2.24, 2.45) is 5.92 Å². The monoisotopic (exact) mass is 312 g/mol. The molecule has 0 aliphatic heterocycles. The Balaban J connectivity index is 1.91. The van der Waals surface area contributed by atoms with Gasteiger partial charge < -0.3 is 10.4 Å². The first-order valence-corrected chi connectivity index (χ1v) is 6.97. The molecule has 1 saturated carbocycles. The molecular formula is C13H17BrN2O2. The largest absolute Gasteiger partial charge is 0.481 e. The molecule has 0 unspecified atom stereocenters. The van der Waals surface area contributed by atoms with Gasteiger partial charge in [-0.2, -0.15) is 0 Å². The summed E-state index contributed by atoms with van der Waals surface area (Å²) < 4.78 is 1.00. The van der Waals surface area contributed by atoms with E-state index in [9.17, 15) is 4.79 Å². The Labute approximate surface area is 115 Å². The van der Waals surface area contributed by atoms with Crippen LogP contribution in [0.3, 0.4) is 0 Å². The van der Waals surface area contributed by atoms with Crippen LogP contribution in [-0.2, 0) is 4.79 Å². The quantitative estimate of drug-likeness (QED) is 0.899. The highest BCUT2D eigenvalue weighted by molar-refractivity contribution is 9.10. The van der Waals surface area contributed by atoms with Gasteiger partial charge >= 0.3 is 5.97 Å². The summed E-state index contributed by atoms with van der Waals surface area (Å²) in [6, 6.07) is 2.35. The molecule has 1 heterocycles. The highest BCUT2D eigenvalue weighted by Crippen LogP contribution is 2.27. The zero-order valence-corrected chi connectivity index (χ0v) is 11.9. The molecule has 98 valence electrons. The van der Waals surface area contributed by atoms with Crippen LogP contribution in [0.4, 0.5) is 5.82 Å². The van der Waals surface area contributed by atoms with Gasteiger partial charge in [0.15, 0.2) is 0 Å². The summed E-state index contributed by atoms with van der Waals surface area (Å²) in [5, 5.41) is 12.3. The van der Waals surface area contributed by atoms with E-state index in [2.05, 4.69) is 26.2 Å². The molecule has 0 aromatic carbocycles. The van der Waals surface area contributed by atoms with Crippen LogP contribution < -0.4 is 5.32 Å². The summed E-state index contributed by atoms with van der Waals surface area (Å²) in [7, 11) is 0. The Morgan fingerprint density at radius 3 is 2.67 bits per heavy atom. The summed E-state index contributed by atoms with van der Waals surface area (Å²) >= 11 is 3.42. The van der Waals surface area contributed by atoms with Gasteiger partial charge in [0.1, 0.15) is 5.82 Å². The number of hydrogen-bond acceptors (Lipinski definition) is 3. The van der Waals surface area contributed by atoms with Crippen molar-refractivity contribution < 1.29 is 9.90 Å². The number of carbonyl (C=O) groups is 1. The van der Waals surface area contributed by atoms with E-state index in [4.69, 9.17) is 5.11 Å². The predicted molar refractivity (Wildman–Crippen MR) is 73.7 cm³/mol. The van der Waals surface area contributed by atoms with E-state index in [1.54, 1.807) is 6.20 Å². The summed E-state index contributed by atoms with van der Waals surface area (Å²) in [6.45, 7) is 2.03. The van der Waals surface area contributed by atoms with Gasteiger partial charge in [-0.15, -0.1) is 0 Å². The number of carboxylic acids is 1. The molecule has 1 fully saturated rings. The third-order valence-corrected chi connectivity index (χ3v) is 4.31. The number of nitrogens with zero attached hydrogens (tertiary/aromatic N) is 1. The van der Waals surface area contributed by atoms with Crippen LogP contribution in [0.1, 0.15) is 31.2 Å². The Morgan fingerprint density at radius 1 is 1.44 bits per heavy atom. The number of carboxylic acid groups (broad SMARTS) is 1. The van der Waals surface area contributed by atoms with Gasteiger partial charge in [-0.25, -0.2) is 4.98 Å². The Hall–Kier alpha value is -1.10. The van der Waals surface area contributed by atoms with Gasteiger partial charge in [0, 0.05) is 16.7 Å². The van der Waals surface area contributed by atoms with E-state index < -0.39 is 5.97 Å². The highest BCUT2D eigenvalue weighted by Gasteiger charge is 2.25. The molecule has 1 aliphatic rings. The minimum absolute atomic E-state index is 0.164. The van der Waals surface area contributed by atoms with E-state index in [1.165, 1.54) is 0 Å². The zero-order valence-electron chi connectivity index (χ0n) is 10.3. The van der Waals surface area contributed by atoms with Crippen LogP contribution in [0.5, 0.6) is 0 Å². The lowest BCUT2D eigenvalue weighted by Crippen LogP contribution is -2.29. The Kier molecular flexibility index (Phi) is 4.22. The smallest absolute Gasteiger partial charge is 0.306 e. The fourth-order valence-corrected chi connectivity index (χ4v) is 2.53. The number of aliphatic carboxylic acids is 1. The second-order valence-corrected chi connectivity index (χ2v) is 5.70. The maximum atomic E-state index is 10.9. The van der Waals surface area contributed by atoms with Crippen LogP contribution in [0, 0.1) is 12.8 Å². The lowest BCUT2D eigenvalue weighted by atomic mass is 9.86. The molecule has 0 bridgehead atoms. The lowest BCUT2D eigenvalue weighted by Gasteiger charge is -2.27. The van der Waals surface area contributed by atoms with Crippen molar-refractivity contribution in [2.75, 3.05) is 5.32 Å². The molecule has 0 saturated heterocycles. The molecule has 5 heteroatoms.